The van der Waals surface area contributed by atoms with Crippen molar-refractivity contribution in [2.45, 2.75) is 28.5 Å². The molecule has 0 atom stereocenters. The molecular weight excluding hydrogens is 414 g/mol. The van der Waals surface area contributed by atoms with Crippen molar-refractivity contribution in [3.8, 4) is 5.75 Å². The first-order valence-electron chi connectivity index (χ1n) is 9.24. The number of nitrogens with one attached hydrogen (secondary N) is 1. The normalized spacial score (nSPS) is 11.1. The van der Waals surface area contributed by atoms with E-state index in [9.17, 15) is 13.5 Å². The number of sulfonamides is 1. The van der Waals surface area contributed by atoms with Gasteiger partial charge >= 0.3 is 0 Å². The Morgan fingerprint density at radius 2 is 1.63 bits per heavy atom. The molecule has 30 heavy (non-hydrogen) atoms. The maximum Gasteiger partial charge on any atom is 0.262 e. The Hall–Kier alpha value is -2.96. The van der Waals surface area contributed by atoms with Crippen molar-refractivity contribution in [2.24, 2.45) is 0 Å². The zero-order valence-electron chi connectivity index (χ0n) is 16.8. The number of hydrogen-bond donors (Lipinski definition) is 2. The van der Waals surface area contributed by atoms with E-state index in [1.165, 1.54) is 23.9 Å². The Labute approximate surface area is 182 Å². The molecule has 0 heterocycles. The molecule has 0 aliphatic heterocycles. The van der Waals surface area contributed by atoms with Crippen molar-refractivity contribution < 1.29 is 13.5 Å². The van der Waals surface area contributed by atoms with E-state index in [1.807, 2.05) is 43.3 Å². The number of rotatable bonds is 7. The molecule has 0 radical (unpaired) electrons. The fourth-order valence-electron chi connectivity index (χ4n) is 3.19. The third-order valence-electron chi connectivity index (χ3n) is 4.59. The van der Waals surface area contributed by atoms with Crippen LogP contribution in [0.25, 0.3) is 12.2 Å². The zero-order valence-corrected chi connectivity index (χ0v) is 18.5. The summed E-state index contributed by atoms with van der Waals surface area (Å²) in [7, 11) is -3.84. The van der Waals surface area contributed by atoms with Gasteiger partial charge in [-0.15, -0.1) is 0 Å². The van der Waals surface area contributed by atoms with Gasteiger partial charge in [-0.25, -0.2) is 8.42 Å². The lowest BCUT2D eigenvalue weighted by Crippen LogP contribution is -2.15. The number of phenols is 1. The summed E-state index contributed by atoms with van der Waals surface area (Å²) < 4.78 is 28.9. The summed E-state index contributed by atoms with van der Waals surface area (Å²) in [6.45, 7) is 11.2. The molecule has 0 unspecified atom stereocenters. The summed E-state index contributed by atoms with van der Waals surface area (Å²) >= 11 is 1.34. The molecule has 0 saturated carbocycles. The number of aryl methyl sites for hydroxylation is 2. The highest BCUT2D eigenvalue weighted by Gasteiger charge is 2.21. The summed E-state index contributed by atoms with van der Waals surface area (Å²) in [4.78, 5) is 1.63. The Bertz CT molecular complexity index is 1220. The highest BCUT2D eigenvalue weighted by atomic mass is 32.2. The average molecular weight is 438 g/mol. The van der Waals surface area contributed by atoms with Gasteiger partial charge in [0.2, 0.25) is 0 Å². The fraction of sp³-hybridized carbons (Fsp3) is 0.0833. The number of hydrogen-bond acceptors (Lipinski definition) is 4. The first kappa shape index (κ1) is 21.7. The van der Waals surface area contributed by atoms with Crippen molar-refractivity contribution in [3.63, 3.8) is 0 Å². The smallest absolute Gasteiger partial charge is 0.262 e. The molecule has 2 N–H and O–H groups in total. The minimum absolute atomic E-state index is 0.0308. The molecule has 0 saturated heterocycles. The summed E-state index contributed by atoms with van der Waals surface area (Å²) in [5.41, 5.74) is 2.86. The Kier molecular flexibility index (Phi) is 6.39. The number of aromatic hydroxyl groups is 1. The molecular formula is C24H23NO3S2. The van der Waals surface area contributed by atoms with Crippen LogP contribution in [-0.4, -0.2) is 13.5 Å². The van der Waals surface area contributed by atoms with Gasteiger partial charge in [0.25, 0.3) is 10.0 Å². The minimum atomic E-state index is -3.84. The van der Waals surface area contributed by atoms with Crippen molar-refractivity contribution in [2.75, 3.05) is 4.72 Å². The van der Waals surface area contributed by atoms with Gasteiger partial charge < -0.3 is 5.11 Å². The van der Waals surface area contributed by atoms with Crippen LogP contribution in [0.3, 0.4) is 0 Å². The molecule has 0 aliphatic rings. The lowest BCUT2D eigenvalue weighted by atomic mass is 10.0. The number of phenolic OH excluding ortho intramolecular Hbond substituents is 1. The molecule has 3 aromatic carbocycles. The second kappa shape index (κ2) is 8.81. The van der Waals surface area contributed by atoms with Gasteiger partial charge in [-0.3, -0.25) is 4.72 Å². The van der Waals surface area contributed by atoms with E-state index in [2.05, 4.69) is 17.9 Å². The highest BCUT2D eigenvalue weighted by molar-refractivity contribution is 7.99. The zero-order chi connectivity index (χ0) is 21.9. The van der Waals surface area contributed by atoms with E-state index in [1.54, 1.807) is 25.1 Å². The Morgan fingerprint density at radius 3 is 2.23 bits per heavy atom. The maximum atomic E-state index is 13.1. The van der Waals surface area contributed by atoms with Crippen LogP contribution >= 0.6 is 11.8 Å². The number of anilines is 1. The quantitative estimate of drug-likeness (QED) is 0.429. The average Bonchev–Trinajstić information content (AvgIpc) is 2.70. The van der Waals surface area contributed by atoms with E-state index in [0.717, 1.165) is 10.5 Å². The summed E-state index contributed by atoms with van der Waals surface area (Å²) in [6, 6.07) is 16.3. The Balaban J connectivity index is 2.12. The van der Waals surface area contributed by atoms with Gasteiger partial charge in [-0.2, -0.15) is 0 Å². The monoisotopic (exact) mass is 437 g/mol. The largest absolute Gasteiger partial charge is 0.506 e. The van der Waals surface area contributed by atoms with E-state index in [4.69, 9.17) is 0 Å². The first-order chi connectivity index (χ1) is 14.3. The molecule has 0 fully saturated rings. The first-order valence-corrected chi connectivity index (χ1v) is 11.5. The van der Waals surface area contributed by atoms with E-state index in [-0.39, 0.29) is 10.6 Å². The van der Waals surface area contributed by atoms with Crippen LogP contribution in [0.4, 0.5) is 5.69 Å². The van der Waals surface area contributed by atoms with Gasteiger partial charge in [-0.1, -0.05) is 73.0 Å². The van der Waals surface area contributed by atoms with Crippen LogP contribution in [0.15, 0.2) is 82.4 Å². The highest BCUT2D eigenvalue weighted by Crippen LogP contribution is 2.42. The van der Waals surface area contributed by atoms with E-state index in [0.29, 0.717) is 27.3 Å². The molecule has 4 nitrogen and oxygen atoms in total. The third-order valence-corrected chi connectivity index (χ3v) is 7.15. The summed E-state index contributed by atoms with van der Waals surface area (Å²) in [5, 5.41) is 10.8. The standard InChI is InChI=1S/C24H23NO3S2/c1-5-19-20(6-2)24(26)22(29-18-10-8-7-9-11-18)15-21(19)25-30(27,28)23-13-12-16(3)14-17(23)4/h5-15,25-26H,1-2H2,3-4H3. The maximum absolute atomic E-state index is 13.1. The SMILES string of the molecule is C=Cc1c(NS(=O)(=O)c2ccc(C)cc2C)cc(Sc2ccccc2)c(O)c1C=C. The van der Waals surface area contributed by atoms with Crippen molar-refractivity contribution in [1.82, 2.24) is 0 Å². The molecule has 0 spiro atoms. The minimum Gasteiger partial charge on any atom is -0.506 e. The molecule has 3 rings (SSSR count). The molecule has 0 amide bonds. The van der Waals surface area contributed by atoms with Crippen molar-refractivity contribution in [3.05, 3.63) is 90.0 Å². The molecule has 6 heteroatoms. The third kappa shape index (κ3) is 4.45. The second-order valence-corrected chi connectivity index (χ2v) is 9.56. The number of benzene rings is 3. The fourth-order valence-corrected chi connectivity index (χ4v) is 5.42. The van der Waals surface area contributed by atoms with Crippen LogP contribution in [-0.2, 0) is 10.0 Å². The second-order valence-electron chi connectivity index (χ2n) is 6.80. The predicted octanol–water partition coefficient (Wildman–Crippen LogP) is 6.25. The molecule has 3 aromatic rings. The van der Waals surface area contributed by atoms with Crippen LogP contribution in [0, 0.1) is 13.8 Å². The van der Waals surface area contributed by atoms with Gasteiger partial charge in [0.05, 0.1) is 15.5 Å². The molecule has 0 bridgehead atoms. The van der Waals surface area contributed by atoms with Gasteiger partial charge in [-0.05, 0) is 43.7 Å². The van der Waals surface area contributed by atoms with Crippen LogP contribution in [0.5, 0.6) is 5.75 Å². The van der Waals surface area contributed by atoms with Crippen molar-refractivity contribution >= 4 is 39.6 Å². The van der Waals surface area contributed by atoms with Gasteiger partial charge in [0.15, 0.2) is 0 Å². The summed E-state index contributed by atoms with van der Waals surface area (Å²) in [5.74, 6) is 0.0308. The Morgan fingerprint density at radius 1 is 0.967 bits per heavy atom. The lowest BCUT2D eigenvalue weighted by Gasteiger charge is -2.18. The van der Waals surface area contributed by atoms with Gasteiger partial charge in [0.1, 0.15) is 5.75 Å². The van der Waals surface area contributed by atoms with E-state index < -0.39 is 10.0 Å². The molecule has 154 valence electrons. The lowest BCUT2D eigenvalue weighted by molar-refractivity contribution is 0.461. The van der Waals surface area contributed by atoms with Crippen LogP contribution in [0.1, 0.15) is 22.3 Å². The molecule has 0 aromatic heterocycles. The topological polar surface area (TPSA) is 66.4 Å². The van der Waals surface area contributed by atoms with Gasteiger partial charge in [0, 0.05) is 16.0 Å². The summed E-state index contributed by atoms with van der Waals surface area (Å²) in [6.07, 6.45) is 3.00. The van der Waals surface area contributed by atoms with Crippen LogP contribution in [0.2, 0.25) is 0 Å². The predicted molar refractivity (Wildman–Crippen MR) is 126 cm³/mol. The molecule has 0 aliphatic carbocycles. The van der Waals surface area contributed by atoms with Crippen molar-refractivity contribution in [1.29, 1.82) is 0 Å². The van der Waals surface area contributed by atoms with Crippen LogP contribution < -0.4 is 4.72 Å². The van der Waals surface area contributed by atoms with E-state index >= 15 is 0 Å².